The molecule has 1 atom stereocenters. The average molecular weight is 318 g/mol. The topological polar surface area (TPSA) is 29.5 Å². The Hall–Kier alpha value is -1.10. The van der Waals surface area contributed by atoms with Crippen LogP contribution in [0.1, 0.15) is 12.5 Å². The molecule has 0 radical (unpaired) electrons. The second-order valence-corrected chi connectivity index (χ2v) is 7.91. The highest BCUT2D eigenvalue weighted by molar-refractivity contribution is 8.19. The van der Waals surface area contributed by atoms with E-state index in [0.717, 1.165) is 11.3 Å². The van der Waals surface area contributed by atoms with E-state index >= 15 is 0 Å². The zero-order chi connectivity index (χ0) is 14.9. The van der Waals surface area contributed by atoms with Gasteiger partial charge in [0.25, 0.3) is 0 Å². The number of ether oxygens (including phenoxy) is 1. The minimum absolute atomic E-state index is 0.123. The molecule has 0 amide bonds. The van der Waals surface area contributed by atoms with Gasteiger partial charge < -0.3 is 9.84 Å². The van der Waals surface area contributed by atoms with Gasteiger partial charge in [-0.15, -0.1) is 23.5 Å². The third kappa shape index (κ3) is 2.68. The van der Waals surface area contributed by atoms with Crippen LogP contribution in [0.5, 0.6) is 5.75 Å². The Labute approximate surface area is 133 Å². The van der Waals surface area contributed by atoms with Gasteiger partial charge in [0.2, 0.25) is 0 Å². The molecule has 0 aromatic heterocycles. The van der Waals surface area contributed by atoms with Crippen molar-refractivity contribution in [1.82, 2.24) is 0 Å². The number of fused-ring (bicyclic) bond motifs is 1. The van der Waals surface area contributed by atoms with E-state index in [2.05, 4.69) is 43.3 Å². The Bertz CT molecular complexity index is 602. The lowest BCUT2D eigenvalue weighted by Gasteiger charge is -2.33. The van der Waals surface area contributed by atoms with Gasteiger partial charge in [-0.3, -0.25) is 0 Å². The summed E-state index contributed by atoms with van der Waals surface area (Å²) in [6.45, 7) is 2.25. The maximum absolute atomic E-state index is 10.0. The summed E-state index contributed by atoms with van der Waals surface area (Å²) >= 11 is 3.69. The number of hydrogen-bond donors (Lipinski definition) is 1. The minimum Gasteiger partial charge on any atom is -0.497 e. The number of thioether (sulfide) groups is 2. The highest BCUT2D eigenvalue weighted by Crippen LogP contribution is 2.54. The molecule has 2 aromatic carbocycles. The van der Waals surface area contributed by atoms with Gasteiger partial charge in [0, 0.05) is 15.2 Å². The molecule has 0 saturated heterocycles. The van der Waals surface area contributed by atoms with E-state index in [0.29, 0.717) is 0 Å². The number of aliphatic hydroxyl groups is 1. The lowest BCUT2D eigenvalue weighted by atomic mass is 9.85. The van der Waals surface area contributed by atoms with E-state index in [1.165, 1.54) is 9.79 Å². The smallest absolute Gasteiger partial charge is 0.118 e. The molecule has 0 spiro atoms. The van der Waals surface area contributed by atoms with Gasteiger partial charge in [0.1, 0.15) is 5.75 Å². The van der Waals surface area contributed by atoms with Gasteiger partial charge in [-0.05, 0) is 29.8 Å². The number of rotatable bonds is 4. The van der Waals surface area contributed by atoms with E-state index < -0.39 is 0 Å². The molecule has 0 fully saturated rings. The largest absolute Gasteiger partial charge is 0.497 e. The van der Waals surface area contributed by atoms with Crippen LogP contribution < -0.4 is 4.74 Å². The fraction of sp³-hybridized carbons (Fsp3) is 0.294. The summed E-state index contributed by atoms with van der Waals surface area (Å²) in [7, 11) is 1.67. The summed E-state index contributed by atoms with van der Waals surface area (Å²) in [5.74, 6) is 0.842. The van der Waals surface area contributed by atoms with Crippen molar-refractivity contribution in [3.8, 4) is 5.75 Å². The maximum Gasteiger partial charge on any atom is 0.118 e. The summed E-state index contributed by atoms with van der Waals surface area (Å²) in [5.41, 5.74) is 0.851. The molecule has 0 saturated carbocycles. The van der Waals surface area contributed by atoms with Crippen LogP contribution in [0.2, 0.25) is 0 Å². The Morgan fingerprint density at radius 1 is 1.05 bits per heavy atom. The first-order chi connectivity index (χ1) is 10.2. The lowest BCUT2D eigenvalue weighted by Crippen LogP contribution is -2.35. The second-order valence-electron chi connectivity index (χ2n) is 5.32. The summed E-state index contributed by atoms with van der Waals surface area (Å²) in [6.07, 6.45) is 0. The lowest BCUT2D eigenvalue weighted by molar-refractivity contribution is 0.216. The first-order valence-corrected chi connectivity index (χ1v) is 8.61. The Morgan fingerprint density at radius 2 is 1.62 bits per heavy atom. The van der Waals surface area contributed by atoms with E-state index in [-0.39, 0.29) is 16.6 Å². The highest BCUT2D eigenvalue weighted by Gasteiger charge is 2.40. The zero-order valence-electron chi connectivity index (χ0n) is 12.1. The second kappa shape index (κ2) is 5.95. The highest BCUT2D eigenvalue weighted by atomic mass is 32.2. The number of hydrogen-bond acceptors (Lipinski definition) is 4. The van der Waals surface area contributed by atoms with Crippen molar-refractivity contribution in [2.75, 3.05) is 13.7 Å². The van der Waals surface area contributed by atoms with E-state index in [9.17, 15) is 5.11 Å². The van der Waals surface area contributed by atoms with Gasteiger partial charge in [-0.25, -0.2) is 0 Å². The van der Waals surface area contributed by atoms with Crippen molar-refractivity contribution < 1.29 is 9.84 Å². The van der Waals surface area contributed by atoms with Crippen molar-refractivity contribution in [1.29, 1.82) is 0 Å². The fourth-order valence-corrected chi connectivity index (χ4v) is 5.62. The van der Waals surface area contributed by atoms with Gasteiger partial charge >= 0.3 is 0 Å². The van der Waals surface area contributed by atoms with Crippen molar-refractivity contribution in [2.24, 2.45) is 0 Å². The zero-order valence-corrected chi connectivity index (χ0v) is 13.7. The normalized spacial score (nSPS) is 17.3. The molecule has 3 rings (SSSR count). The van der Waals surface area contributed by atoms with Crippen LogP contribution in [0.25, 0.3) is 0 Å². The van der Waals surface area contributed by atoms with Crippen molar-refractivity contribution in [2.45, 2.75) is 26.7 Å². The van der Waals surface area contributed by atoms with Crippen LogP contribution in [0.4, 0.5) is 0 Å². The van der Waals surface area contributed by atoms with Crippen LogP contribution in [-0.2, 0) is 5.41 Å². The van der Waals surface area contributed by atoms with Crippen molar-refractivity contribution >= 4 is 23.5 Å². The van der Waals surface area contributed by atoms with Crippen LogP contribution in [0.15, 0.2) is 58.3 Å². The quantitative estimate of drug-likeness (QED) is 0.916. The van der Waals surface area contributed by atoms with Gasteiger partial charge in [0.15, 0.2) is 0 Å². The summed E-state index contributed by atoms with van der Waals surface area (Å²) in [5, 5.41) is 10.0. The molecule has 1 heterocycles. The van der Waals surface area contributed by atoms with Crippen molar-refractivity contribution in [3.63, 3.8) is 0 Å². The Morgan fingerprint density at radius 3 is 2.10 bits per heavy atom. The van der Waals surface area contributed by atoms with E-state index in [4.69, 9.17) is 4.74 Å². The van der Waals surface area contributed by atoms with E-state index in [1.807, 2.05) is 35.7 Å². The Kier molecular flexibility index (Phi) is 4.20. The molecular weight excluding hydrogens is 300 g/mol. The maximum atomic E-state index is 10.0. The molecule has 2 nitrogen and oxygen atoms in total. The third-order valence-corrected chi connectivity index (χ3v) is 7.31. The van der Waals surface area contributed by atoms with Crippen molar-refractivity contribution in [3.05, 3.63) is 54.1 Å². The van der Waals surface area contributed by atoms with Gasteiger partial charge in [0.05, 0.1) is 18.3 Å². The standard InChI is InChI=1S/C17H18O2S2/c1-17(11-18,12-7-9-13(19-2)10-8-12)16-20-14-5-3-4-6-15(14)21-16/h3-10,16,18H,11H2,1-2H3/t17-/m0/s1. The van der Waals surface area contributed by atoms with E-state index in [1.54, 1.807) is 7.11 Å². The molecular formula is C17H18O2S2. The first kappa shape index (κ1) is 14.8. The predicted molar refractivity (Wildman–Crippen MR) is 89.4 cm³/mol. The SMILES string of the molecule is COc1ccc([C@](C)(CO)C2Sc3ccccc3S2)cc1. The number of methoxy groups -OCH3 is 1. The van der Waals surface area contributed by atoms with Crippen LogP contribution in [0.3, 0.4) is 0 Å². The van der Waals surface area contributed by atoms with Crippen LogP contribution >= 0.6 is 23.5 Å². The summed E-state index contributed by atoms with van der Waals surface area (Å²) < 4.78 is 5.49. The van der Waals surface area contributed by atoms with Crippen LogP contribution in [0, 0.1) is 0 Å². The minimum atomic E-state index is -0.291. The summed E-state index contributed by atoms with van der Waals surface area (Å²) in [4.78, 5) is 2.61. The molecule has 110 valence electrons. The molecule has 0 aliphatic carbocycles. The Balaban J connectivity index is 1.90. The predicted octanol–water partition coefficient (Wildman–Crippen LogP) is 4.17. The fourth-order valence-electron chi connectivity index (χ4n) is 2.43. The molecule has 0 bridgehead atoms. The molecule has 1 aliphatic heterocycles. The molecule has 2 aromatic rings. The molecule has 21 heavy (non-hydrogen) atoms. The molecule has 4 heteroatoms. The molecule has 0 unspecified atom stereocenters. The van der Waals surface area contributed by atoms with Gasteiger partial charge in [-0.1, -0.05) is 31.2 Å². The molecule has 1 aliphatic rings. The number of aliphatic hydroxyl groups excluding tert-OH is 1. The monoisotopic (exact) mass is 318 g/mol. The third-order valence-electron chi connectivity index (χ3n) is 3.92. The molecule has 1 N–H and O–H groups in total. The van der Waals surface area contributed by atoms with Crippen LogP contribution in [-0.4, -0.2) is 23.4 Å². The first-order valence-electron chi connectivity index (χ1n) is 6.85. The van der Waals surface area contributed by atoms with Gasteiger partial charge in [-0.2, -0.15) is 0 Å². The summed E-state index contributed by atoms with van der Waals surface area (Å²) in [6, 6.07) is 16.5. The average Bonchev–Trinajstić information content (AvgIpc) is 2.98. The number of benzene rings is 2.